The molecule has 1 aromatic heterocycles. The van der Waals surface area contributed by atoms with Crippen LogP contribution in [0.3, 0.4) is 0 Å². The van der Waals surface area contributed by atoms with Crippen LogP contribution in [0.4, 0.5) is 8.78 Å². The number of aliphatic hydroxyl groups is 1. The predicted molar refractivity (Wildman–Crippen MR) is 120 cm³/mol. The number of nitrogens with zero attached hydrogens (tertiary/aromatic N) is 3. The standard InChI is InChI=1S/C24H25F2N3O6/c1-23(2,32)16-13-17(27-20(14-16)33-3)22(31)29-10-8-28(9-11-29)21(30)7-5-15-4-6-18-19(12-15)35-24(25,26)34-18/h4-7,12-14,32H,8-11H2,1-3H3/b7-5+. The first-order valence-corrected chi connectivity index (χ1v) is 10.9. The minimum absolute atomic E-state index is 0.0699. The molecule has 2 aliphatic rings. The van der Waals surface area contributed by atoms with E-state index in [1.54, 1.807) is 29.7 Å². The van der Waals surface area contributed by atoms with Crippen molar-refractivity contribution >= 4 is 17.9 Å². The second-order valence-corrected chi connectivity index (χ2v) is 8.67. The molecule has 1 saturated heterocycles. The lowest BCUT2D eigenvalue weighted by atomic mass is 9.98. The van der Waals surface area contributed by atoms with Crippen LogP contribution in [0.1, 0.15) is 35.5 Å². The average molecular weight is 489 g/mol. The fourth-order valence-corrected chi connectivity index (χ4v) is 3.71. The third-order valence-corrected chi connectivity index (χ3v) is 5.66. The summed E-state index contributed by atoms with van der Waals surface area (Å²) in [5, 5.41) is 10.3. The third kappa shape index (κ3) is 5.51. The van der Waals surface area contributed by atoms with Gasteiger partial charge in [0.2, 0.25) is 11.8 Å². The molecule has 0 aliphatic carbocycles. The van der Waals surface area contributed by atoms with Gasteiger partial charge in [-0.1, -0.05) is 6.07 Å². The number of carbonyl (C=O) groups excluding carboxylic acids is 2. The molecular formula is C24H25F2N3O6. The molecule has 0 saturated carbocycles. The summed E-state index contributed by atoms with van der Waals surface area (Å²) in [5.41, 5.74) is -0.0333. The minimum Gasteiger partial charge on any atom is -0.481 e. The van der Waals surface area contributed by atoms with Crippen molar-refractivity contribution in [3.05, 3.63) is 53.2 Å². The number of rotatable bonds is 5. The number of fused-ring (bicyclic) bond motifs is 1. The van der Waals surface area contributed by atoms with Gasteiger partial charge >= 0.3 is 6.29 Å². The van der Waals surface area contributed by atoms with Crippen molar-refractivity contribution in [1.82, 2.24) is 14.8 Å². The number of alkyl halides is 2. The Labute approximate surface area is 200 Å². The number of halogens is 2. The van der Waals surface area contributed by atoms with Crippen LogP contribution >= 0.6 is 0 Å². The Balaban J connectivity index is 1.37. The van der Waals surface area contributed by atoms with E-state index in [0.29, 0.717) is 37.3 Å². The van der Waals surface area contributed by atoms with E-state index in [1.165, 1.54) is 43.5 Å². The molecule has 35 heavy (non-hydrogen) atoms. The summed E-state index contributed by atoms with van der Waals surface area (Å²) < 4.78 is 40.3. The second kappa shape index (κ2) is 9.14. The zero-order valence-corrected chi connectivity index (χ0v) is 19.5. The van der Waals surface area contributed by atoms with Gasteiger partial charge in [-0.05, 0) is 49.2 Å². The Bertz CT molecular complexity index is 1170. The zero-order valence-electron chi connectivity index (χ0n) is 19.5. The molecule has 2 aromatic rings. The van der Waals surface area contributed by atoms with Crippen molar-refractivity contribution in [1.29, 1.82) is 0 Å². The summed E-state index contributed by atoms with van der Waals surface area (Å²) in [4.78, 5) is 33.0. The zero-order chi connectivity index (χ0) is 25.4. The molecule has 11 heteroatoms. The number of carbonyl (C=O) groups is 2. The Morgan fingerprint density at radius 2 is 1.74 bits per heavy atom. The van der Waals surface area contributed by atoms with E-state index in [-0.39, 0.29) is 34.9 Å². The first-order chi connectivity index (χ1) is 16.4. The summed E-state index contributed by atoms with van der Waals surface area (Å²) in [6.07, 6.45) is -0.863. The van der Waals surface area contributed by atoms with E-state index in [1.807, 2.05) is 0 Å². The molecule has 1 fully saturated rings. The Morgan fingerprint density at radius 3 is 2.40 bits per heavy atom. The van der Waals surface area contributed by atoms with E-state index < -0.39 is 11.9 Å². The van der Waals surface area contributed by atoms with E-state index in [2.05, 4.69) is 14.5 Å². The lowest BCUT2D eigenvalue weighted by Crippen LogP contribution is -2.50. The highest BCUT2D eigenvalue weighted by Crippen LogP contribution is 2.41. The maximum absolute atomic E-state index is 13.2. The van der Waals surface area contributed by atoms with E-state index in [0.717, 1.165) is 0 Å². The maximum atomic E-state index is 13.2. The van der Waals surface area contributed by atoms with Crippen LogP contribution in [0, 0.1) is 0 Å². The molecule has 186 valence electrons. The fourth-order valence-electron chi connectivity index (χ4n) is 3.71. The number of piperazine rings is 1. The van der Waals surface area contributed by atoms with Crippen LogP contribution in [0.5, 0.6) is 17.4 Å². The summed E-state index contributed by atoms with van der Waals surface area (Å²) >= 11 is 0. The molecule has 1 aromatic carbocycles. The fraction of sp³-hybridized carbons (Fsp3) is 0.375. The van der Waals surface area contributed by atoms with Gasteiger partial charge in [-0.15, -0.1) is 8.78 Å². The summed E-state index contributed by atoms with van der Waals surface area (Å²) in [7, 11) is 1.43. The normalized spacial score (nSPS) is 17.1. The number of methoxy groups -OCH3 is 1. The topological polar surface area (TPSA) is 101 Å². The number of aromatic nitrogens is 1. The SMILES string of the molecule is COc1cc(C(C)(C)O)cc(C(=O)N2CCN(C(=O)/C=C/c3ccc4c(c3)OC(F)(F)O4)CC2)n1. The predicted octanol–water partition coefficient (Wildman–Crippen LogP) is 2.64. The second-order valence-electron chi connectivity index (χ2n) is 8.67. The monoisotopic (exact) mass is 489 g/mol. The molecule has 0 atom stereocenters. The van der Waals surface area contributed by atoms with Crippen molar-refractivity contribution in [2.75, 3.05) is 33.3 Å². The molecule has 3 heterocycles. The van der Waals surface area contributed by atoms with Crippen molar-refractivity contribution in [2.24, 2.45) is 0 Å². The van der Waals surface area contributed by atoms with Crippen LogP contribution in [0.15, 0.2) is 36.4 Å². The van der Waals surface area contributed by atoms with Gasteiger partial charge in [0.1, 0.15) is 5.69 Å². The van der Waals surface area contributed by atoms with Crippen molar-refractivity contribution in [3.63, 3.8) is 0 Å². The molecule has 9 nitrogen and oxygen atoms in total. The Morgan fingerprint density at radius 1 is 1.09 bits per heavy atom. The lowest BCUT2D eigenvalue weighted by molar-refractivity contribution is -0.286. The van der Waals surface area contributed by atoms with Gasteiger partial charge < -0.3 is 29.1 Å². The van der Waals surface area contributed by atoms with Gasteiger partial charge in [0.15, 0.2) is 11.5 Å². The summed E-state index contributed by atoms with van der Waals surface area (Å²) in [5.74, 6) is -0.549. The molecule has 0 radical (unpaired) electrons. The Hall–Kier alpha value is -3.73. The number of ether oxygens (including phenoxy) is 3. The number of hydrogen-bond acceptors (Lipinski definition) is 7. The maximum Gasteiger partial charge on any atom is 0.586 e. The summed E-state index contributed by atoms with van der Waals surface area (Å²) in [6.45, 7) is 4.43. The Kier molecular flexibility index (Phi) is 6.37. The number of pyridine rings is 1. The molecule has 2 amide bonds. The van der Waals surface area contributed by atoms with E-state index in [4.69, 9.17) is 4.74 Å². The summed E-state index contributed by atoms with van der Waals surface area (Å²) in [6, 6.07) is 7.35. The van der Waals surface area contributed by atoms with E-state index >= 15 is 0 Å². The number of amides is 2. The number of benzene rings is 1. The van der Waals surface area contributed by atoms with Crippen LogP contribution < -0.4 is 14.2 Å². The lowest BCUT2D eigenvalue weighted by Gasteiger charge is -2.34. The third-order valence-electron chi connectivity index (χ3n) is 5.66. The van der Waals surface area contributed by atoms with Gasteiger partial charge in [-0.25, -0.2) is 4.98 Å². The van der Waals surface area contributed by atoms with Crippen LogP contribution in [0.25, 0.3) is 6.08 Å². The van der Waals surface area contributed by atoms with Gasteiger partial charge in [0.25, 0.3) is 5.91 Å². The molecule has 0 spiro atoms. The molecule has 1 N–H and O–H groups in total. The quantitative estimate of drug-likeness (QED) is 0.645. The average Bonchev–Trinajstić information content (AvgIpc) is 3.14. The van der Waals surface area contributed by atoms with E-state index in [9.17, 15) is 23.5 Å². The van der Waals surface area contributed by atoms with Gasteiger partial charge in [0, 0.05) is 38.3 Å². The molecule has 2 aliphatic heterocycles. The molecular weight excluding hydrogens is 464 g/mol. The van der Waals surface area contributed by atoms with Gasteiger partial charge in [-0.2, -0.15) is 0 Å². The highest BCUT2D eigenvalue weighted by Gasteiger charge is 2.43. The molecule has 4 rings (SSSR count). The van der Waals surface area contributed by atoms with Crippen LogP contribution in [-0.2, 0) is 10.4 Å². The van der Waals surface area contributed by atoms with Gasteiger partial charge in [-0.3, -0.25) is 9.59 Å². The van der Waals surface area contributed by atoms with Crippen molar-refractivity contribution < 1.29 is 37.7 Å². The van der Waals surface area contributed by atoms with Gasteiger partial charge in [0.05, 0.1) is 12.7 Å². The van der Waals surface area contributed by atoms with Crippen LogP contribution in [0.2, 0.25) is 0 Å². The van der Waals surface area contributed by atoms with Crippen molar-refractivity contribution in [3.8, 4) is 17.4 Å². The van der Waals surface area contributed by atoms with Crippen molar-refractivity contribution in [2.45, 2.75) is 25.7 Å². The number of hydrogen-bond donors (Lipinski definition) is 1. The van der Waals surface area contributed by atoms with Crippen LogP contribution in [-0.4, -0.2) is 71.3 Å². The highest BCUT2D eigenvalue weighted by molar-refractivity contribution is 5.94. The smallest absolute Gasteiger partial charge is 0.481 e. The first-order valence-electron chi connectivity index (χ1n) is 10.9. The molecule has 0 bridgehead atoms. The first kappa shape index (κ1) is 24.4. The highest BCUT2D eigenvalue weighted by atomic mass is 19.3. The minimum atomic E-state index is -3.70. The largest absolute Gasteiger partial charge is 0.586 e. The molecule has 0 unspecified atom stereocenters.